The molecule has 6 nitrogen and oxygen atoms in total. The second-order valence-corrected chi connectivity index (χ2v) is 10.7. The molecule has 1 aromatic heterocycles. The lowest BCUT2D eigenvalue weighted by atomic mass is 9.99. The first-order chi connectivity index (χ1) is 17.2. The summed E-state index contributed by atoms with van der Waals surface area (Å²) in [6.07, 6.45) is 3.22. The van der Waals surface area contributed by atoms with Crippen molar-refractivity contribution in [2.75, 3.05) is 10.6 Å². The average molecular weight is 568 g/mol. The minimum atomic E-state index is -0.451. The Morgan fingerprint density at radius 1 is 0.861 bits per heavy atom. The highest BCUT2D eigenvalue weighted by Crippen LogP contribution is 2.41. The molecule has 0 aliphatic heterocycles. The van der Waals surface area contributed by atoms with Gasteiger partial charge in [-0.1, -0.05) is 61.5 Å². The van der Waals surface area contributed by atoms with Crippen LogP contribution in [0.4, 0.5) is 11.4 Å². The van der Waals surface area contributed by atoms with E-state index in [1.807, 2.05) is 13.8 Å². The van der Waals surface area contributed by atoms with Crippen LogP contribution in [0.2, 0.25) is 15.1 Å². The van der Waals surface area contributed by atoms with E-state index in [9.17, 15) is 9.59 Å². The highest BCUT2D eigenvalue weighted by Gasteiger charge is 2.28. The number of amides is 2. The predicted molar refractivity (Wildman–Crippen MR) is 152 cm³/mol. The zero-order valence-corrected chi connectivity index (χ0v) is 23.1. The molecule has 0 radical (unpaired) electrons. The third kappa shape index (κ3) is 6.79. The minimum absolute atomic E-state index is 0.198. The first-order valence-corrected chi connectivity index (χ1v) is 13.6. The number of nitrogens with two attached hydrogens (primary N) is 2. The van der Waals surface area contributed by atoms with Crippen LogP contribution in [0, 0.1) is 0 Å². The Bertz CT molecular complexity index is 1230. The maximum atomic E-state index is 13.4. The Morgan fingerprint density at radius 2 is 1.47 bits per heavy atom. The van der Waals surface area contributed by atoms with E-state index in [1.165, 1.54) is 17.4 Å². The number of halogens is 3. The summed E-state index contributed by atoms with van der Waals surface area (Å²) in [7, 11) is 0. The topological polar surface area (TPSA) is 110 Å². The fourth-order valence-corrected chi connectivity index (χ4v) is 5.82. The van der Waals surface area contributed by atoms with Gasteiger partial charge in [-0.05, 0) is 55.3 Å². The quantitative estimate of drug-likeness (QED) is 0.200. The van der Waals surface area contributed by atoms with Gasteiger partial charge in [-0.15, -0.1) is 11.3 Å². The molecule has 36 heavy (non-hydrogen) atoms. The summed E-state index contributed by atoms with van der Waals surface area (Å²) in [5.74, 6) is -0.892. The van der Waals surface area contributed by atoms with Crippen molar-refractivity contribution >= 4 is 69.3 Å². The monoisotopic (exact) mass is 566 g/mol. The third-order valence-electron chi connectivity index (χ3n) is 5.60. The lowest BCUT2D eigenvalue weighted by Crippen LogP contribution is -2.18. The van der Waals surface area contributed by atoms with Gasteiger partial charge in [0.15, 0.2) is 0 Å². The molecular weight excluding hydrogens is 539 g/mol. The van der Waals surface area contributed by atoms with Gasteiger partial charge in [-0.25, -0.2) is 0 Å². The van der Waals surface area contributed by atoms with E-state index in [-0.39, 0.29) is 17.6 Å². The van der Waals surface area contributed by atoms with Crippen molar-refractivity contribution in [2.24, 2.45) is 11.5 Å². The lowest BCUT2D eigenvalue weighted by molar-refractivity contribution is 0.102. The fraction of sp³-hybridized carbons (Fsp3) is 0.308. The smallest absolute Gasteiger partial charge is 0.267 e. The number of nitrogens with one attached hydrogen (secondary N) is 2. The largest absolute Gasteiger partial charge is 0.324 e. The summed E-state index contributed by atoms with van der Waals surface area (Å²) in [5, 5.41) is 6.81. The van der Waals surface area contributed by atoms with Crippen LogP contribution in [-0.2, 0) is 0 Å². The number of carbonyl (C=O) groups excluding carboxylic acids is 2. The second kappa shape index (κ2) is 12.9. The molecule has 3 aromatic rings. The minimum Gasteiger partial charge on any atom is -0.324 e. The van der Waals surface area contributed by atoms with Crippen molar-refractivity contribution in [1.82, 2.24) is 0 Å². The maximum Gasteiger partial charge on any atom is 0.267 e. The van der Waals surface area contributed by atoms with Crippen molar-refractivity contribution in [3.05, 3.63) is 78.4 Å². The van der Waals surface area contributed by atoms with Gasteiger partial charge < -0.3 is 22.1 Å². The Labute approximate surface area is 230 Å². The van der Waals surface area contributed by atoms with Gasteiger partial charge in [0.05, 0.1) is 16.3 Å². The molecule has 2 unspecified atom stereocenters. The van der Waals surface area contributed by atoms with Crippen LogP contribution in [0.3, 0.4) is 0 Å². The molecule has 0 bridgehead atoms. The van der Waals surface area contributed by atoms with Crippen molar-refractivity contribution in [3.8, 4) is 0 Å². The Balaban J connectivity index is 1.93. The summed E-state index contributed by atoms with van der Waals surface area (Å²) < 4.78 is 0. The second-order valence-electron chi connectivity index (χ2n) is 8.42. The maximum absolute atomic E-state index is 13.4. The first-order valence-electron chi connectivity index (χ1n) is 11.7. The standard InChI is InChI=1S/C26H29Cl3N4O2S/c1-3-5-18(30)21-22(29)24(36-23(21)19(31)6-4-2)26(35)33-20-12-9-15(28)13-17(20)25(34)32-16-10-7-14(27)8-11-16/h7-13,18-19H,3-6,30-31H2,1-2H3,(H,32,34)(H,33,35). The molecule has 6 N–H and O–H groups in total. The van der Waals surface area contributed by atoms with E-state index >= 15 is 0 Å². The summed E-state index contributed by atoms with van der Waals surface area (Å²) in [5.41, 5.74) is 14.6. The molecule has 3 rings (SSSR count). The molecule has 0 fully saturated rings. The number of benzene rings is 2. The van der Waals surface area contributed by atoms with Crippen LogP contribution >= 0.6 is 46.1 Å². The highest BCUT2D eigenvalue weighted by atomic mass is 35.5. The van der Waals surface area contributed by atoms with Gasteiger partial charge in [-0.2, -0.15) is 0 Å². The molecule has 0 saturated heterocycles. The Morgan fingerprint density at radius 3 is 2.11 bits per heavy atom. The van der Waals surface area contributed by atoms with E-state index in [0.717, 1.165) is 36.1 Å². The molecule has 192 valence electrons. The molecule has 0 spiro atoms. The van der Waals surface area contributed by atoms with Crippen LogP contribution in [0.25, 0.3) is 0 Å². The number of carbonyl (C=O) groups is 2. The third-order valence-corrected chi connectivity index (χ3v) is 7.93. The van der Waals surface area contributed by atoms with E-state index in [0.29, 0.717) is 31.3 Å². The molecule has 2 atom stereocenters. The SMILES string of the molecule is CCCC(N)c1sc(C(=O)Nc2ccc(Cl)cc2C(=O)Nc2ccc(Cl)cc2)c(Cl)c1C(N)CCC. The number of hydrogen-bond acceptors (Lipinski definition) is 5. The zero-order valence-electron chi connectivity index (χ0n) is 20.0. The van der Waals surface area contributed by atoms with E-state index in [1.54, 1.807) is 36.4 Å². The van der Waals surface area contributed by atoms with Gasteiger partial charge in [0.25, 0.3) is 11.8 Å². The van der Waals surface area contributed by atoms with Crippen LogP contribution in [0.15, 0.2) is 42.5 Å². The summed E-state index contributed by atoms with van der Waals surface area (Å²) in [6, 6.07) is 10.7. The van der Waals surface area contributed by atoms with Gasteiger partial charge in [0.1, 0.15) is 4.88 Å². The zero-order chi connectivity index (χ0) is 26.4. The summed E-state index contributed by atoms with van der Waals surface area (Å²) >= 11 is 20.0. The number of hydrogen-bond donors (Lipinski definition) is 4. The number of thiophene rings is 1. The molecule has 1 heterocycles. The van der Waals surface area contributed by atoms with Crippen molar-refractivity contribution < 1.29 is 9.59 Å². The average Bonchev–Trinajstić information content (AvgIpc) is 3.19. The van der Waals surface area contributed by atoms with Crippen molar-refractivity contribution in [2.45, 2.75) is 51.6 Å². The number of rotatable bonds is 10. The van der Waals surface area contributed by atoms with Gasteiger partial charge in [0.2, 0.25) is 0 Å². The molecule has 10 heteroatoms. The van der Waals surface area contributed by atoms with Crippen molar-refractivity contribution in [3.63, 3.8) is 0 Å². The normalized spacial score (nSPS) is 12.8. The van der Waals surface area contributed by atoms with E-state index < -0.39 is 11.8 Å². The molecular formula is C26H29Cl3N4O2S. The molecule has 0 saturated carbocycles. The fourth-order valence-electron chi connectivity index (χ4n) is 3.83. The van der Waals surface area contributed by atoms with Crippen molar-refractivity contribution in [1.29, 1.82) is 0 Å². The highest BCUT2D eigenvalue weighted by molar-refractivity contribution is 7.15. The molecule has 0 aliphatic carbocycles. The first kappa shape index (κ1) is 28.4. The number of anilines is 2. The van der Waals surface area contributed by atoms with Gasteiger partial charge in [0, 0.05) is 38.3 Å². The Kier molecular flexibility index (Phi) is 10.2. The van der Waals surface area contributed by atoms with Crippen LogP contribution < -0.4 is 22.1 Å². The van der Waals surface area contributed by atoms with Gasteiger partial charge >= 0.3 is 0 Å². The molecule has 2 amide bonds. The summed E-state index contributed by atoms with van der Waals surface area (Å²) in [6.45, 7) is 4.09. The lowest BCUT2D eigenvalue weighted by Gasteiger charge is -2.16. The van der Waals surface area contributed by atoms with Crippen LogP contribution in [0.5, 0.6) is 0 Å². The predicted octanol–water partition coefficient (Wildman–Crippen LogP) is 7.81. The van der Waals surface area contributed by atoms with Crippen LogP contribution in [0.1, 0.15) is 82.1 Å². The molecule has 0 aliphatic rings. The Hall–Kier alpha value is -2.13. The summed E-state index contributed by atoms with van der Waals surface area (Å²) in [4.78, 5) is 27.5. The van der Waals surface area contributed by atoms with E-state index in [4.69, 9.17) is 46.3 Å². The molecule has 2 aromatic carbocycles. The van der Waals surface area contributed by atoms with E-state index in [2.05, 4.69) is 10.6 Å². The van der Waals surface area contributed by atoms with Gasteiger partial charge in [-0.3, -0.25) is 9.59 Å². The van der Waals surface area contributed by atoms with Crippen LogP contribution in [-0.4, -0.2) is 11.8 Å².